The second-order valence-electron chi connectivity index (χ2n) is 6.42. The van der Waals surface area contributed by atoms with Gasteiger partial charge in [-0.05, 0) is 13.8 Å². The molecular weight excluding hydrogens is 380 g/mol. The van der Waals surface area contributed by atoms with Gasteiger partial charge in [0.05, 0.1) is 5.25 Å². The van der Waals surface area contributed by atoms with E-state index in [1.807, 2.05) is 31.2 Å². The Morgan fingerprint density at radius 3 is 2.46 bits per heavy atom. The number of nitrogens with one attached hydrogen (secondary N) is 1. The van der Waals surface area contributed by atoms with Crippen molar-refractivity contribution in [2.45, 2.75) is 24.3 Å². The Bertz CT molecular complexity index is 1160. The van der Waals surface area contributed by atoms with Gasteiger partial charge in [-0.3, -0.25) is 23.8 Å². The van der Waals surface area contributed by atoms with Crippen LogP contribution in [0.3, 0.4) is 0 Å². The number of ketones is 1. The number of nitrogens with two attached hydrogens (primary N) is 1. The maximum atomic E-state index is 12.8. The molecule has 3 rings (SSSR count). The molecule has 0 saturated carbocycles. The molecule has 146 valence electrons. The lowest BCUT2D eigenvalue weighted by Gasteiger charge is -2.13. The fraction of sp³-hybridized carbons (Fsp3) is 0.278. The zero-order chi connectivity index (χ0) is 20.6. The van der Waals surface area contributed by atoms with Gasteiger partial charge in [0.1, 0.15) is 11.4 Å². The number of anilines is 1. The van der Waals surface area contributed by atoms with Crippen LogP contribution in [0, 0.1) is 6.92 Å². The number of H-pyrrole nitrogens is 1. The van der Waals surface area contributed by atoms with Gasteiger partial charge in [0, 0.05) is 19.7 Å². The van der Waals surface area contributed by atoms with E-state index in [9.17, 15) is 14.4 Å². The number of aromatic nitrogens is 5. The van der Waals surface area contributed by atoms with Crippen LogP contribution < -0.4 is 17.0 Å². The van der Waals surface area contributed by atoms with Crippen LogP contribution in [0.15, 0.2) is 39.0 Å². The molecule has 3 N–H and O–H groups in total. The number of aromatic amines is 1. The third-order valence-electron chi connectivity index (χ3n) is 4.40. The summed E-state index contributed by atoms with van der Waals surface area (Å²) < 4.78 is 1.94. The standard InChI is InChI=1S/C18H20N6O3S/c1-9-5-7-11(8-6-9)15-20-17(22-21-15)28-10(2)13(25)12-14(19)23(3)18(27)24(4)16(12)26/h5-8,10H,19H2,1-4H3,(H,20,21,22)/t10-/m0/s1. The summed E-state index contributed by atoms with van der Waals surface area (Å²) in [5.74, 6) is -0.0547. The largest absolute Gasteiger partial charge is 0.384 e. The highest BCUT2D eigenvalue weighted by Crippen LogP contribution is 2.25. The van der Waals surface area contributed by atoms with Crippen molar-refractivity contribution in [3.63, 3.8) is 0 Å². The Balaban J connectivity index is 1.86. The molecule has 0 saturated heterocycles. The summed E-state index contributed by atoms with van der Waals surface area (Å²) in [5.41, 5.74) is 6.36. The molecule has 0 fully saturated rings. The van der Waals surface area contributed by atoms with Gasteiger partial charge < -0.3 is 5.73 Å². The minimum absolute atomic E-state index is 0.152. The van der Waals surface area contributed by atoms with Crippen LogP contribution in [0.25, 0.3) is 11.4 Å². The molecule has 1 atom stereocenters. The Labute approximate surface area is 164 Å². The van der Waals surface area contributed by atoms with Crippen molar-refractivity contribution in [1.29, 1.82) is 0 Å². The molecule has 2 aromatic heterocycles. The van der Waals surface area contributed by atoms with E-state index >= 15 is 0 Å². The first kappa shape index (κ1) is 19.6. The molecule has 0 aliphatic rings. The lowest BCUT2D eigenvalue weighted by Crippen LogP contribution is -2.42. The van der Waals surface area contributed by atoms with Crippen molar-refractivity contribution >= 4 is 23.4 Å². The number of thioether (sulfide) groups is 1. The first-order valence-electron chi connectivity index (χ1n) is 8.46. The number of hydrogen-bond donors (Lipinski definition) is 2. The summed E-state index contributed by atoms with van der Waals surface area (Å²) in [4.78, 5) is 41.5. The molecule has 0 spiro atoms. The molecule has 3 aromatic rings. The van der Waals surface area contributed by atoms with Crippen LogP contribution in [-0.4, -0.2) is 35.3 Å². The number of Topliss-reactive ketones (excluding diaryl/α,β-unsaturated/α-hetero) is 1. The minimum atomic E-state index is -0.714. The fourth-order valence-corrected chi connectivity index (χ4v) is 3.43. The molecule has 10 heteroatoms. The lowest BCUT2D eigenvalue weighted by atomic mass is 10.1. The molecule has 0 aliphatic carbocycles. The monoisotopic (exact) mass is 400 g/mol. The van der Waals surface area contributed by atoms with Gasteiger partial charge in [0.25, 0.3) is 5.56 Å². The SMILES string of the molecule is Cc1ccc(-c2nc(S[C@@H](C)C(=O)c3c(N)n(C)c(=O)n(C)c3=O)n[nH]2)cc1. The number of carbonyl (C=O) groups is 1. The van der Waals surface area contributed by atoms with Gasteiger partial charge in [-0.25, -0.2) is 9.78 Å². The number of hydrogen-bond acceptors (Lipinski definition) is 7. The summed E-state index contributed by atoms with van der Waals surface area (Å²) >= 11 is 1.10. The van der Waals surface area contributed by atoms with Gasteiger partial charge in [0.15, 0.2) is 11.6 Å². The molecule has 0 radical (unpaired) electrons. The number of benzene rings is 1. The molecule has 9 nitrogen and oxygen atoms in total. The predicted molar refractivity (Wildman–Crippen MR) is 108 cm³/mol. The van der Waals surface area contributed by atoms with E-state index in [-0.39, 0.29) is 11.4 Å². The van der Waals surface area contributed by atoms with E-state index in [1.54, 1.807) is 6.92 Å². The summed E-state index contributed by atoms with van der Waals surface area (Å²) in [6.45, 7) is 3.63. The minimum Gasteiger partial charge on any atom is -0.384 e. The maximum absolute atomic E-state index is 12.8. The topological polar surface area (TPSA) is 129 Å². The Hall–Kier alpha value is -3.14. The molecule has 2 heterocycles. The zero-order valence-corrected chi connectivity index (χ0v) is 16.7. The Morgan fingerprint density at radius 1 is 1.18 bits per heavy atom. The van der Waals surface area contributed by atoms with Crippen LogP contribution in [0.2, 0.25) is 0 Å². The van der Waals surface area contributed by atoms with Crippen LogP contribution in [0.5, 0.6) is 0 Å². The summed E-state index contributed by atoms with van der Waals surface area (Å²) in [5, 5.41) is 6.67. The van der Waals surface area contributed by atoms with E-state index in [0.717, 1.165) is 32.0 Å². The molecule has 0 amide bonds. The van der Waals surface area contributed by atoms with Gasteiger partial charge >= 0.3 is 5.69 Å². The van der Waals surface area contributed by atoms with Crippen molar-refractivity contribution in [2.24, 2.45) is 14.1 Å². The van der Waals surface area contributed by atoms with Crippen LogP contribution in [0.4, 0.5) is 5.82 Å². The van der Waals surface area contributed by atoms with Gasteiger partial charge in [-0.2, -0.15) is 0 Å². The maximum Gasteiger partial charge on any atom is 0.332 e. The first-order valence-corrected chi connectivity index (χ1v) is 9.34. The van der Waals surface area contributed by atoms with Crippen molar-refractivity contribution < 1.29 is 4.79 Å². The Morgan fingerprint density at radius 2 is 1.82 bits per heavy atom. The van der Waals surface area contributed by atoms with Gasteiger partial charge in [-0.15, -0.1) is 5.10 Å². The molecule has 0 bridgehead atoms. The quantitative estimate of drug-likeness (QED) is 0.485. The van der Waals surface area contributed by atoms with Gasteiger partial charge in [0.2, 0.25) is 5.16 Å². The van der Waals surface area contributed by atoms with Crippen LogP contribution in [0.1, 0.15) is 22.8 Å². The predicted octanol–water partition coefficient (Wildman–Crippen LogP) is 1.12. The smallest absolute Gasteiger partial charge is 0.332 e. The van der Waals surface area contributed by atoms with Crippen molar-refractivity contribution in [1.82, 2.24) is 24.3 Å². The second-order valence-corrected chi connectivity index (χ2v) is 7.73. The highest BCUT2D eigenvalue weighted by atomic mass is 32.2. The highest BCUT2D eigenvalue weighted by Gasteiger charge is 2.26. The average molecular weight is 400 g/mol. The van der Waals surface area contributed by atoms with Crippen LogP contribution >= 0.6 is 11.8 Å². The molecule has 0 unspecified atom stereocenters. The Kier molecular flexibility index (Phi) is 5.23. The average Bonchev–Trinajstić information content (AvgIpc) is 3.13. The zero-order valence-electron chi connectivity index (χ0n) is 15.9. The number of rotatable bonds is 5. The molecule has 0 aliphatic heterocycles. The third-order valence-corrected chi connectivity index (χ3v) is 5.36. The number of nitrogens with zero attached hydrogens (tertiary/aromatic N) is 4. The first-order chi connectivity index (χ1) is 13.2. The number of carbonyl (C=O) groups excluding carboxylic acids is 1. The lowest BCUT2D eigenvalue weighted by molar-refractivity contribution is 0.0992. The summed E-state index contributed by atoms with van der Waals surface area (Å²) in [6, 6.07) is 7.78. The van der Waals surface area contributed by atoms with E-state index in [2.05, 4.69) is 15.2 Å². The van der Waals surface area contributed by atoms with Gasteiger partial charge in [-0.1, -0.05) is 41.6 Å². The van der Waals surface area contributed by atoms with E-state index in [0.29, 0.717) is 11.0 Å². The summed E-state index contributed by atoms with van der Waals surface area (Å²) in [7, 11) is 2.72. The molecular formula is C18H20N6O3S. The number of nitrogen functional groups attached to an aromatic ring is 1. The van der Waals surface area contributed by atoms with Crippen molar-refractivity contribution in [3.8, 4) is 11.4 Å². The van der Waals surface area contributed by atoms with E-state index in [1.165, 1.54) is 14.1 Å². The fourth-order valence-electron chi connectivity index (χ4n) is 2.65. The van der Waals surface area contributed by atoms with Crippen molar-refractivity contribution in [2.75, 3.05) is 5.73 Å². The van der Waals surface area contributed by atoms with Crippen LogP contribution in [-0.2, 0) is 14.1 Å². The van der Waals surface area contributed by atoms with E-state index < -0.39 is 22.3 Å². The highest BCUT2D eigenvalue weighted by molar-refractivity contribution is 8.00. The van der Waals surface area contributed by atoms with E-state index in [4.69, 9.17) is 5.73 Å². The molecule has 28 heavy (non-hydrogen) atoms. The third kappa shape index (κ3) is 3.50. The normalized spacial score (nSPS) is 12.1. The summed E-state index contributed by atoms with van der Waals surface area (Å²) in [6.07, 6.45) is 0. The van der Waals surface area contributed by atoms with Crippen molar-refractivity contribution in [3.05, 3.63) is 56.2 Å². The molecule has 1 aromatic carbocycles. The number of aryl methyl sites for hydroxylation is 1. The second kappa shape index (κ2) is 7.47.